The number of aryl methyl sites for hydroxylation is 2. The third-order valence-electron chi connectivity index (χ3n) is 6.99. The average Bonchev–Trinajstić information content (AvgIpc) is 3.42. The second-order valence-electron chi connectivity index (χ2n) is 9.74. The van der Waals surface area contributed by atoms with Crippen molar-refractivity contribution in [3.05, 3.63) is 65.1 Å². The smallest absolute Gasteiger partial charge is 0.264 e. The maximum atomic E-state index is 14.9. The maximum absolute atomic E-state index is 14.9. The molecule has 0 bridgehead atoms. The lowest BCUT2D eigenvalue weighted by molar-refractivity contribution is 0.0800. The van der Waals surface area contributed by atoms with E-state index in [1.807, 2.05) is 24.0 Å². The van der Waals surface area contributed by atoms with Crippen LogP contribution in [0.25, 0.3) is 0 Å². The van der Waals surface area contributed by atoms with Gasteiger partial charge in [0.1, 0.15) is 11.5 Å². The van der Waals surface area contributed by atoms with E-state index in [1.165, 1.54) is 33.6 Å². The van der Waals surface area contributed by atoms with Crippen LogP contribution in [0.15, 0.2) is 47.6 Å². The third kappa shape index (κ3) is 5.27. The number of rotatable bonds is 8. The fraction of sp³-hybridized carbons (Fsp3) is 0.400. The predicted molar refractivity (Wildman–Crippen MR) is 136 cm³/mol. The van der Waals surface area contributed by atoms with Crippen LogP contribution in [0.4, 0.5) is 20.2 Å². The summed E-state index contributed by atoms with van der Waals surface area (Å²) in [6.45, 7) is 2.84. The van der Waals surface area contributed by atoms with Gasteiger partial charge in [0.15, 0.2) is 0 Å². The molecular formula is C25H29F2N7O2S. The van der Waals surface area contributed by atoms with Crippen molar-refractivity contribution < 1.29 is 17.2 Å². The van der Waals surface area contributed by atoms with Gasteiger partial charge in [0, 0.05) is 62.4 Å². The van der Waals surface area contributed by atoms with Crippen molar-refractivity contribution >= 4 is 27.6 Å². The molecule has 1 saturated heterocycles. The summed E-state index contributed by atoms with van der Waals surface area (Å²) in [5, 5.41) is 19.0. The summed E-state index contributed by atoms with van der Waals surface area (Å²) >= 11 is 0. The first kappa shape index (κ1) is 25.4. The van der Waals surface area contributed by atoms with Crippen molar-refractivity contribution in [2.45, 2.75) is 36.5 Å². The Balaban J connectivity index is 1.49. The first-order valence-electron chi connectivity index (χ1n) is 12.0. The van der Waals surface area contributed by atoms with Crippen molar-refractivity contribution in [3.63, 3.8) is 0 Å². The van der Waals surface area contributed by atoms with Crippen LogP contribution in [0.2, 0.25) is 0 Å². The number of benzene rings is 2. The molecule has 1 saturated carbocycles. The summed E-state index contributed by atoms with van der Waals surface area (Å²) in [4.78, 5) is 3.22. The number of nitrogens with zero attached hydrogens (tertiary/aromatic N) is 5. The van der Waals surface area contributed by atoms with E-state index in [2.05, 4.69) is 15.5 Å². The van der Waals surface area contributed by atoms with Crippen molar-refractivity contribution in [1.82, 2.24) is 24.2 Å². The van der Waals surface area contributed by atoms with Crippen LogP contribution < -0.4 is 5.32 Å². The number of nitrogens with one attached hydrogen (secondary N) is 2. The van der Waals surface area contributed by atoms with Crippen molar-refractivity contribution in [2.75, 3.05) is 31.5 Å². The highest BCUT2D eigenvalue weighted by Crippen LogP contribution is 2.43. The first-order chi connectivity index (χ1) is 17.6. The van der Waals surface area contributed by atoms with Crippen LogP contribution in [-0.4, -0.2) is 70.7 Å². The van der Waals surface area contributed by atoms with Gasteiger partial charge in [-0.15, -0.1) is 5.10 Å². The molecule has 196 valence electrons. The van der Waals surface area contributed by atoms with Crippen molar-refractivity contribution in [2.24, 2.45) is 7.05 Å². The monoisotopic (exact) mass is 529 g/mol. The van der Waals surface area contributed by atoms with E-state index >= 15 is 0 Å². The highest BCUT2D eigenvalue weighted by atomic mass is 32.2. The van der Waals surface area contributed by atoms with Gasteiger partial charge in [0.25, 0.3) is 10.0 Å². The number of alkyl halides is 1. The number of hydrogen-bond acceptors (Lipinski definition) is 7. The molecule has 5 rings (SSSR count). The van der Waals surface area contributed by atoms with E-state index in [0.29, 0.717) is 36.3 Å². The van der Waals surface area contributed by atoms with Gasteiger partial charge in [0.2, 0.25) is 5.03 Å². The molecule has 0 amide bonds. The van der Waals surface area contributed by atoms with Gasteiger partial charge >= 0.3 is 0 Å². The van der Waals surface area contributed by atoms with E-state index in [4.69, 9.17) is 5.41 Å². The maximum Gasteiger partial charge on any atom is 0.264 e. The van der Waals surface area contributed by atoms with E-state index in [0.717, 1.165) is 11.1 Å². The first-order valence-corrected chi connectivity index (χ1v) is 13.5. The van der Waals surface area contributed by atoms with Gasteiger partial charge in [-0.2, -0.15) is 14.2 Å². The van der Waals surface area contributed by atoms with Gasteiger partial charge < -0.3 is 10.7 Å². The third-order valence-corrected chi connectivity index (χ3v) is 8.72. The normalized spacial score (nSPS) is 20.1. The summed E-state index contributed by atoms with van der Waals surface area (Å²) in [6.07, 6.45) is 3.45. The van der Waals surface area contributed by atoms with Gasteiger partial charge in [-0.3, -0.25) is 4.90 Å². The largest absolute Gasteiger partial charge is 0.355 e. The molecule has 2 heterocycles. The van der Waals surface area contributed by atoms with Crippen LogP contribution in [0.3, 0.4) is 0 Å². The van der Waals surface area contributed by atoms with Gasteiger partial charge in [0.05, 0.1) is 6.20 Å². The minimum Gasteiger partial charge on any atom is -0.355 e. The second-order valence-corrected chi connectivity index (χ2v) is 11.6. The molecule has 1 atom stereocenters. The topological polar surface area (TPSA) is 107 Å². The summed E-state index contributed by atoms with van der Waals surface area (Å²) in [5.41, 5.74) is 2.37. The minimum absolute atomic E-state index is 0.123. The Labute approximate surface area is 214 Å². The summed E-state index contributed by atoms with van der Waals surface area (Å²) in [7, 11) is -2.33. The standard InChI is InChI=1S/C25H29F2N7O2S/c1-17-11-22(30-20-5-3-19(26)4-6-20)18(13-28)12-21(17)23-15-34(10-9-33(23)16-25(27)7-8-25)37(35,36)24-14-29-32(2)31-24/h3-6,11-14,23,28,30H,7-10,15-16H2,1-2H3/t23-/m0/s1. The molecule has 2 aliphatic rings. The number of hydrogen-bond donors (Lipinski definition) is 2. The Hall–Kier alpha value is -3.22. The fourth-order valence-corrected chi connectivity index (χ4v) is 6.08. The SMILES string of the molecule is Cc1cc(Nc2ccc(F)cc2)c(C=N)cc1[C@@H]1CN(S(=O)(=O)c2cnn(C)n2)CCN1CC1(F)CC1. The molecule has 1 aromatic heterocycles. The van der Waals surface area contributed by atoms with Gasteiger partial charge in [-0.1, -0.05) is 0 Å². The number of anilines is 2. The molecule has 0 radical (unpaired) electrons. The Bertz CT molecular complexity index is 1420. The fourth-order valence-electron chi connectivity index (χ4n) is 4.75. The quantitative estimate of drug-likeness (QED) is 0.432. The summed E-state index contributed by atoms with van der Waals surface area (Å²) in [5.74, 6) is -0.343. The number of piperazine rings is 1. The van der Waals surface area contributed by atoms with E-state index < -0.39 is 21.7 Å². The average molecular weight is 530 g/mol. The molecular weight excluding hydrogens is 500 g/mol. The van der Waals surface area contributed by atoms with E-state index in [1.54, 1.807) is 19.2 Å². The van der Waals surface area contributed by atoms with Crippen LogP contribution in [0.1, 0.15) is 35.6 Å². The summed E-state index contributed by atoms with van der Waals surface area (Å²) in [6, 6.07) is 9.25. The minimum atomic E-state index is -3.88. The highest BCUT2D eigenvalue weighted by molar-refractivity contribution is 7.89. The Morgan fingerprint density at radius 1 is 1.22 bits per heavy atom. The second kappa shape index (κ2) is 9.58. The number of halogens is 2. The van der Waals surface area contributed by atoms with Crippen LogP contribution in [0, 0.1) is 18.2 Å². The number of aromatic nitrogens is 3. The molecule has 12 heteroatoms. The molecule has 3 aromatic rings. The molecule has 37 heavy (non-hydrogen) atoms. The molecule has 2 aromatic carbocycles. The lowest BCUT2D eigenvalue weighted by Crippen LogP contribution is -2.52. The Morgan fingerprint density at radius 3 is 2.57 bits per heavy atom. The lowest BCUT2D eigenvalue weighted by Gasteiger charge is -2.42. The molecule has 1 aliphatic heterocycles. The molecule has 2 fully saturated rings. The van der Waals surface area contributed by atoms with Crippen molar-refractivity contribution in [3.8, 4) is 0 Å². The van der Waals surface area contributed by atoms with Crippen LogP contribution >= 0.6 is 0 Å². The van der Waals surface area contributed by atoms with Gasteiger partial charge in [-0.05, 0) is 67.3 Å². The van der Waals surface area contributed by atoms with Crippen LogP contribution in [-0.2, 0) is 17.1 Å². The molecule has 0 spiro atoms. The highest BCUT2D eigenvalue weighted by Gasteiger charge is 2.47. The zero-order valence-electron chi connectivity index (χ0n) is 20.7. The molecule has 1 aliphatic carbocycles. The van der Waals surface area contributed by atoms with Crippen molar-refractivity contribution in [1.29, 1.82) is 5.41 Å². The zero-order chi connectivity index (χ0) is 26.4. The van der Waals surface area contributed by atoms with E-state index in [9.17, 15) is 17.2 Å². The summed E-state index contributed by atoms with van der Waals surface area (Å²) < 4.78 is 56.2. The van der Waals surface area contributed by atoms with Crippen LogP contribution in [0.5, 0.6) is 0 Å². The van der Waals surface area contributed by atoms with Gasteiger partial charge in [-0.25, -0.2) is 17.2 Å². The molecule has 0 unspecified atom stereocenters. The number of sulfonamides is 1. The Morgan fingerprint density at radius 2 is 1.95 bits per heavy atom. The lowest BCUT2D eigenvalue weighted by atomic mass is 9.94. The zero-order valence-corrected chi connectivity index (χ0v) is 21.5. The predicted octanol–water partition coefficient (Wildman–Crippen LogP) is 3.55. The van der Waals surface area contributed by atoms with E-state index in [-0.39, 0.29) is 30.5 Å². The Kier molecular flexibility index (Phi) is 6.59. The molecule has 2 N–H and O–H groups in total. The molecule has 9 nitrogen and oxygen atoms in total.